The smallest absolute Gasteiger partial charge is 0.256 e. The molecule has 168 valence electrons. The second-order valence-electron chi connectivity index (χ2n) is 7.49. The lowest BCUT2D eigenvalue weighted by molar-refractivity contribution is 0.102. The van der Waals surface area contributed by atoms with Crippen molar-refractivity contribution in [3.63, 3.8) is 0 Å². The monoisotopic (exact) mass is 479 g/mol. The minimum absolute atomic E-state index is 0.133. The molecule has 1 heterocycles. The number of carbonyl (C=O) groups excluding carboxylic acids is 1. The lowest BCUT2D eigenvalue weighted by Crippen LogP contribution is -2.23. The Hall–Kier alpha value is -3.26. The van der Waals surface area contributed by atoms with Crippen molar-refractivity contribution in [2.24, 2.45) is 0 Å². The number of rotatable bonds is 6. The summed E-state index contributed by atoms with van der Waals surface area (Å²) in [4.78, 5) is 18.2. The third-order valence-electron chi connectivity index (χ3n) is 5.19. The van der Waals surface area contributed by atoms with Crippen molar-refractivity contribution < 1.29 is 13.2 Å². The van der Waals surface area contributed by atoms with Crippen LogP contribution in [0.1, 0.15) is 22.8 Å². The highest BCUT2D eigenvalue weighted by molar-refractivity contribution is 7.89. The summed E-state index contributed by atoms with van der Waals surface area (Å²) < 4.78 is 26.7. The first-order chi connectivity index (χ1) is 15.8. The van der Waals surface area contributed by atoms with Crippen molar-refractivity contribution in [1.29, 1.82) is 0 Å². The number of anilines is 1. The number of hydrogen-bond donors (Lipinski definition) is 2. The molecule has 0 aliphatic carbocycles. The number of benzene rings is 3. The molecule has 6 nitrogen and oxygen atoms in total. The maximum Gasteiger partial charge on any atom is 0.256 e. The molecular weight excluding hydrogens is 458 g/mol. The molecule has 0 aliphatic heterocycles. The van der Waals surface area contributed by atoms with Crippen molar-refractivity contribution in [3.05, 3.63) is 88.9 Å². The number of halogens is 1. The summed E-state index contributed by atoms with van der Waals surface area (Å²) in [7, 11) is -3.57. The van der Waals surface area contributed by atoms with Gasteiger partial charge >= 0.3 is 0 Å². The van der Waals surface area contributed by atoms with Crippen molar-refractivity contribution in [2.75, 3.05) is 11.9 Å². The van der Waals surface area contributed by atoms with Gasteiger partial charge in [0, 0.05) is 28.2 Å². The number of aromatic nitrogens is 1. The Labute approximate surface area is 197 Å². The summed E-state index contributed by atoms with van der Waals surface area (Å²) in [6.07, 6.45) is 0. The highest BCUT2D eigenvalue weighted by atomic mass is 35.5. The predicted molar refractivity (Wildman–Crippen MR) is 132 cm³/mol. The van der Waals surface area contributed by atoms with Crippen LogP contribution in [0.25, 0.3) is 22.2 Å². The lowest BCUT2D eigenvalue weighted by atomic mass is 10.0. The highest BCUT2D eigenvalue weighted by Crippen LogP contribution is 2.31. The zero-order valence-corrected chi connectivity index (χ0v) is 19.7. The second kappa shape index (κ2) is 9.31. The van der Waals surface area contributed by atoms with Gasteiger partial charge in [-0.15, -0.1) is 0 Å². The van der Waals surface area contributed by atoms with Gasteiger partial charge in [-0.25, -0.2) is 18.1 Å². The van der Waals surface area contributed by atoms with E-state index in [1.54, 1.807) is 31.2 Å². The fraction of sp³-hybridized carbons (Fsp3) is 0.120. The maximum atomic E-state index is 13.3. The number of fused-ring (bicyclic) bond motifs is 1. The SMILES string of the molecule is CCNS(=O)(=O)c1ccc(NC(=O)c2cc(-c3ccccc3Cl)nc3c(C)cccc23)cc1. The quantitative estimate of drug-likeness (QED) is 0.387. The summed E-state index contributed by atoms with van der Waals surface area (Å²) in [5.41, 5.74) is 3.91. The lowest BCUT2D eigenvalue weighted by Gasteiger charge is -2.13. The molecule has 2 N–H and O–H groups in total. The van der Waals surface area contributed by atoms with E-state index in [2.05, 4.69) is 10.0 Å². The molecule has 0 atom stereocenters. The number of pyridine rings is 1. The number of amides is 1. The van der Waals surface area contributed by atoms with Crippen molar-refractivity contribution >= 4 is 44.1 Å². The van der Waals surface area contributed by atoms with E-state index in [0.717, 1.165) is 16.5 Å². The van der Waals surface area contributed by atoms with Crippen LogP contribution in [-0.2, 0) is 10.0 Å². The second-order valence-corrected chi connectivity index (χ2v) is 9.66. The van der Waals surface area contributed by atoms with Gasteiger partial charge in [-0.2, -0.15) is 0 Å². The Bertz CT molecular complexity index is 1450. The minimum atomic E-state index is -3.57. The molecule has 0 spiro atoms. The molecule has 3 aromatic carbocycles. The van der Waals surface area contributed by atoms with Gasteiger partial charge in [-0.3, -0.25) is 4.79 Å². The van der Waals surface area contributed by atoms with E-state index < -0.39 is 10.0 Å². The first-order valence-electron chi connectivity index (χ1n) is 10.4. The average Bonchev–Trinajstić information content (AvgIpc) is 2.79. The average molecular weight is 480 g/mol. The first-order valence-corrected chi connectivity index (χ1v) is 12.2. The number of nitrogens with zero attached hydrogens (tertiary/aromatic N) is 1. The Morgan fingerprint density at radius 2 is 1.73 bits per heavy atom. The molecule has 4 aromatic rings. The fourth-order valence-corrected chi connectivity index (χ4v) is 4.85. The van der Waals surface area contributed by atoms with Crippen LogP contribution in [0.15, 0.2) is 77.7 Å². The van der Waals surface area contributed by atoms with Gasteiger partial charge < -0.3 is 5.32 Å². The number of para-hydroxylation sites is 1. The number of carbonyl (C=O) groups is 1. The molecule has 8 heteroatoms. The molecule has 0 bridgehead atoms. The molecule has 0 aliphatic rings. The summed E-state index contributed by atoms with van der Waals surface area (Å²) in [6.45, 7) is 3.95. The van der Waals surface area contributed by atoms with Crippen molar-refractivity contribution in [1.82, 2.24) is 9.71 Å². The molecule has 0 saturated heterocycles. The molecule has 1 aromatic heterocycles. The van der Waals surface area contributed by atoms with E-state index >= 15 is 0 Å². The fourth-order valence-electron chi connectivity index (χ4n) is 3.58. The standard InChI is InChI=1S/C25H22ClN3O3S/c1-3-27-33(31,32)18-13-11-17(12-14-18)28-25(30)21-15-23(20-8-4-5-10-22(20)26)29-24-16(2)7-6-9-19(21)24/h4-15,27H,3H2,1-2H3,(H,28,30). The van der Waals surface area contributed by atoms with E-state index in [1.165, 1.54) is 12.1 Å². The molecular formula is C25H22ClN3O3S. The van der Waals surface area contributed by atoms with E-state index in [9.17, 15) is 13.2 Å². The third-order valence-corrected chi connectivity index (χ3v) is 7.08. The van der Waals surface area contributed by atoms with Crippen LogP contribution < -0.4 is 10.0 Å². The summed E-state index contributed by atoms with van der Waals surface area (Å²) >= 11 is 6.39. The Kier molecular flexibility index (Phi) is 6.47. The van der Waals surface area contributed by atoms with Crippen LogP contribution >= 0.6 is 11.6 Å². The van der Waals surface area contributed by atoms with Gasteiger partial charge in [0.05, 0.1) is 21.7 Å². The number of sulfonamides is 1. The molecule has 0 radical (unpaired) electrons. The van der Waals surface area contributed by atoms with Gasteiger partial charge in [0.15, 0.2) is 0 Å². The van der Waals surface area contributed by atoms with Gasteiger partial charge in [0.1, 0.15) is 0 Å². The summed E-state index contributed by atoms with van der Waals surface area (Å²) in [5, 5.41) is 4.12. The molecule has 0 fully saturated rings. The van der Waals surface area contributed by atoms with Gasteiger partial charge in [0.2, 0.25) is 10.0 Å². The topological polar surface area (TPSA) is 88.2 Å². The number of nitrogens with one attached hydrogen (secondary N) is 2. The Morgan fingerprint density at radius 1 is 1.00 bits per heavy atom. The number of hydrogen-bond acceptors (Lipinski definition) is 4. The molecule has 0 unspecified atom stereocenters. The van der Waals surface area contributed by atoms with Crippen LogP contribution in [0.2, 0.25) is 5.02 Å². The van der Waals surface area contributed by atoms with E-state index in [4.69, 9.17) is 16.6 Å². The van der Waals surface area contributed by atoms with Gasteiger partial charge in [0.25, 0.3) is 5.91 Å². The van der Waals surface area contributed by atoms with E-state index in [-0.39, 0.29) is 10.8 Å². The largest absolute Gasteiger partial charge is 0.322 e. The Morgan fingerprint density at radius 3 is 2.42 bits per heavy atom. The van der Waals surface area contributed by atoms with E-state index in [0.29, 0.717) is 34.0 Å². The normalized spacial score (nSPS) is 11.5. The molecule has 1 amide bonds. The van der Waals surface area contributed by atoms with Crippen LogP contribution in [0.3, 0.4) is 0 Å². The number of aryl methyl sites for hydroxylation is 1. The maximum absolute atomic E-state index is 13.3. The summed E-state index contributed by atoms with van der Waals surface area (Å²) in [6, 6.07) is 20.8. The van der Waals surface area contributed by atoms with Gasteiger partial charge in [-0.05, 0) is 48.9 Å². The summed E-state index contributed by atoms with van der Waals surface area (Å²) in [5.74, 6) is -0.330. The van der Waals surface area contributed by atoms with Crippen LogP contribution in [0.4, 0.5) is 5.69 Å². The highest BCUT2D eigenvalue weighted by Gasteiger charge is 2.17. The third kappa shape index (κ3) is 4.75. The minimum Gasteiger partial charge on any atom is -0.322 e. The predicted octanol–water partition coefficient (Wildman–Crippen LogP) is 5.41. The van der Waals surface area contributed by atoms with Crippen molar-refractivity contribution in [2.45, 2.75) is 18.7 Å². The van der Waals surface area contributed by atoms with E-state index in [1.807, 2.05) is 43.3 Å². The first kappa shape index (κ1) is 22.9. The van der Waals surface area contributed by atoms with Gasteiger partial charge in [-0.1, -0.05) is 54.9 Å². The molecule has 0 saturated carbocycles. The van der Waals surface area contributed by atoms with Crippen LogP contribution in [-0.4, -0.2) is 25.9 Å². The van der Waals surface area contributed by atoms with Crippen LogP contribution in [0.5, 0.6) is 0 Å². The molecule has 33 heavy (non-hydrogen) atoms. The zero-order chi connectivity index (χ0) is 23.6. The van der Waals surface area contributed by atoms with Crippen LogP contribution in [0, 0.1) is 6.92 Å². The molecule has 4 rings (SSSR count). The zero-order valence-electron chi connectivity index (χ0n) is 18.1. The van der Waals surface area contributed by atoms with Crippen molar-refractivity contribution in [3.8, 4) is 11.3 Å². The Balaban J connectivity index is 1.74.